The number of rotatable bonds is 4. The third-order valence-electron chi connectivity index (χ3n) is 2.72. The maximum atomic E-state index is 10.6. The molecule has 5 heteroatoms. The Morgan fingerprint density at radius 3 is 2.35 bits per heavy atom. The summed E-state index contributed by atoms with van der Waals surface area (Å²) in [6.07, 6.45) is 4.64. The molecule has 1 aromatic heterocycles. The van der Waals surface area contributed by atoms with E-state index in [-0.39, 0.29) is 0 Å². The zero-order valence-corrected chi connectivity index (χ0v) is 14.6. The normalized spacial score (nSPS) is 8.70. The highest BCUT2D eigenvalue weighted by molar-refractivity contribution is 6.31. The zero-order valence-electron chi connectivity index (χ0n) is 13.8. The molecule has 2 rings (SSSR count). The first-order valence-corrected chi connectivity index (χ1v) is 7.71. The molecular formula is C18H24ClN3O. The van der Waals surface area contributed by atoms with E-state index in [0.29, 0.717) is 17.3 Å². The molecule has 0 radical (unpaired) electrons. The number of carbonyl (C=O) groups is 1. The number of pyridine rings is 1. The molecule has 0 aliphatic heterocycles. The predicted octanol–water partition coefficient (Wildman–Crippen LogP) is 3.81. The van der Waals surface area contributed by atoms with Gasteiger partial charge in [-0.25, -0.2) is 0 Å². The molecule has 0 amide bonds. The van der Waals surface area contributed by atoms with E-state index in [2.05, 4.69) is 16.9 Å². The second-order valence-corrected chi connectivity index (χ2v) is 4.56. The van der Waals surface area contributed by atoms with Gasteiger partial charge in [0.1, 0.15) is 6.29 Å². The van der Waals surface area contributed by atoms with Crippen LogP contribution in [-0.2, 0) is 11.2 Å². The molecule has 1 heterocycles. The van der Waals surface area contributed by atoms with Gasteiger partial charge in [-0.15, -0.1) is 0 Å². The lowest BCUT2D eigenvalue weighted by molar-refractivity contribution is -0.107. The molecule has 0 saturated heterocycles. The number of nitrogens with one attached hydrogen (secondary N) is 1. The van der Waals surface area contributed by atoms with Gasteiger partial charge in [-0.2, -0.15) is 0 Å². The highest BCUT2D eigenvalue weighted by atomic mass is 35.5. The molecule has 2 aromatic rings. The summed E-state index contributed by atoms with van der Waals surface area (Å²) in [6, 6.07) is 9.44. The Morgan fingerprint density at radius 2 is 1.87 bits per heavy atom. The number of carbonyl (C=O) groups excluding carboxylic acids is 1. The number of aromatic nitrogens is 1. The highest BCUT2D eigenvalue weighted by Gasteiger charge is 2.07. The van der Waals surface area contributed by atoms with Gasteiger partial charge < -0.3 is 15.8 Å². The first-order valence-electron chi connectivity index (χ1n) is 7.33. The molecule has 4 nitrogen and oxygen atoms in total. The van der Waals surface area contributed by atoms with Gasteiger partial charge in [0.25, 0.3) is 0 Å². The largest absolute Gasteiger partial charge is 0.386 e. The molecule has 0 atom stereocenters. The lowest BCUT2D eigenvalue weighted by Gasteiger charge is -2.08. The van der Waals surface area contributed by atoms with Gasteiger partial charge in [0.2, 0.25) is 0 Å². The summed E-state index contributed by atoms with van der Waals surface area (Å²) in [5.41, 5.74) is 7.86. The summed E-state index contributed by atoms with van der Waals surface area (Å²) in [4.78, 5) is 14.6. The maximum absolute atomic E-state index is 10.6. The predicted molar refractivity (Wildman–Crippen MR) is 98.2 cm³/mol. The second-order valence-electron chi connectivity index (χ2n) is 4.15. The van der Waals surface area contributed by atoms with Crippen LogP contribution in [0.5, 0.6) is 0 Å². The average Bonchev–Trinajstić information content (AvgIpc) is 2.60. The van der Waals surface area contributed by atoms with Gasteiger partial charge in [-0.05, 0) is 34.9 Å². The Labute approximate surface area is 143 Å². The molecule has 124 valence electrons. The van der Waals surface area contributed by atoms with Crippen molar-refractivity contribution in [2.45, 2.75) is 20.3 Å². The van der Waals surface area contributed by atoms with Crippen molar-refractivity contribution >= 4 is 17.9 Å². The minimum absolute atomic E-state index is 0.331. The van der Waals surface area contributed by atoms with Gasteiger partial charge in [-0.1, -0.05) is 44.2 Å². The van der Waals surface area contributed by atoms with Crippen LogP contribution in [0.2, 0.25) is 5.02 Å². The summed E-state index contributed by atoms with van der Waals surface area (Å²) < 4.78 is 0. The number of nitrogens with zero attached hydrogens (tertiary/aromatic N) is 1. The molecule has 3 N–H and O–H groups in total. The van der Waals surface area contributed by atoms with Gasteiger partial charge in [0, 0.05) is 30.9 Å². The van der Waals surface area contributed by atoms with Crippen molar-refractivity contribution in [3.05, 3.63) is 65.7 Å². The molecule has 23 heavy (non-hydrogen) atoms. The summed E-state index contributed by atoms with van der Waals surface area (Å²) >= 11 is 6.08. The monoisotopic (exact) mass is 333 g/mol. The minimum atomic E-state index is 0.331. The second kappa shape index (κ2) is 12.2. The summed E-state index contributed by atoms with van der Waals surface area (Å²) in [5, 5.41) is 3.24. The van der Waals surface area contributed by atoms with E-state index in [1.807, 2.05) is 38.1 Å². The van der Waals surface area contributed by atoms with Crippen LogP contribution in [0.15, 0.2) is 55.1 Å². The number of halogens is 1. The Hall–Kier alpha value is -2.33. The Bertz CT molecular complexity index is 600. The minimum Gasteiger partial charge on any atom is -0.386 e. The number of nitrogens with two attached hydrogens (primary N) is 1. The number of aldehydes is 1. The number of hydrogen-bond donors (Lipinski definition) is 2. The molecule has 0 fully saturated rings. The van der Waals surface area contributed by atoms with Crippen molar-refractivity contribution in [2.24, 2.45) is 5.73 Å². The van der Waals surface area contributed by atoms with Crippen LogP contribution in [-0.4, -0.2) is 18.3 Å². The van der Waals surface area contributed by atoms with Crippen molar-refractivity contribution in [3.8, 4) is 11.1 Å². The Morgan fingerprint density at radius 1 is 1.30 bits per heavy atom. The van der Waals surface area contributed by atoms with E-state index >= 15 is 0 Å². The van der Waals surface area contributed by atoms with Crippen molar-refractivity contribution in [2.75, 3.05) is 7.05 Å². The number of benzene rings is 1. The summed E-state index contributed by atoms with van der Waals surface area (Å²) in [6.45, 7) is 7.34. The lowest BCUT2D eigenvalue weighted by atomic mass is 9.99. The molecular weight excluding hydrogens is 310 g/mol. The van der Waals surface area contributed by atoms with Crippen molar-refractivity contribution in [1.82, 2.24) is 10.3 Å². The van der Waals surface area contributed by atoms with Gasteiger partial charge in [0.15, 0.2) is 0 Å². The van der Waals surface area contributed by atoms with E-state index in [0.717, 1.165) is 23.0 Å². The molecule has 0 unspecified atom stereocenters. The standard InChI is InChI=1S/C13H10ClNO.C3H8N2.C2H6/c14-13-3-1-2-11(12(13)6-9-16)10-4-7-15-8-5-10;1-3(4)5-2;1-2/h1-5,7-9H,6H2;5H,1,4H2,2H3;1-2H3. The smallest absolute Gasteiger partial charge is 0.124 e. The molecule has 0 aliphatic rings. The van der Waals surface area contributed by atoms with Crippen LogP contribution < -0.4 is 11.1 Å². The van der Waals surface area contributed by atoms with Crippen LogP contribution in [0.1, 0.15) is 19.4 Å². The Kier molecular flexibility index (Phi) is 11.0. The van der Waals surface area contributed by atoms with E-state index in [9.17, 15) is 4.79 Å². The van der Waals surface area contributed by atoms with E-state index in [1.54, 1.807) is 25.5 Å². The van der Waals surface area contributed by atoms with Crippen molar-refractivity contribution in [1.29, 1.82) is 0 Å². The highest BCUT2D eigenvalue weighted by Crippen LogP contribution is 2.28. The topological polar surface area (TPSA) is 68.0 Å². The van der Waals surface area contributed by atoms with Gasteiger partial charge >= 0.3 is 0 Å². The fourth-order valence-electron chi connectivity index (χ4n) is 1.65. The van der Waals surface area contributed by atoms with Crippen molar-refractivity contribution < 1.29 is 4.79 Å². The summed E-state index contributed by atoms with van der Waals surface area (Å²) in [5.74, 6) is 0.505. The fourth-order valence-corrected chi connectivity index (χ4v) is 1.90. The molecule has 0 aliphatic carbocycles. The third kappa shape index (κ3) is 7.47. The third-order valence-corrected chi connectivity index (χ3v) is 3.07. The fraction of sp³-hybridized carbons (Fsp3) is 0.222. The van der Waals surface area contributed by atoms with Crippen LogP contribution in [0.25, 0.3) is 11.1 Å². The maximum Gasteiger partial charge on any atom is 0.124 e. The van der Waals surface area contributed by atoms with Crippen molar-refractivity contribution in [3.63, 3.8) is 0 Å². The molecule has 0 spiro atoms. The first kappa shape index (κ1) is 20.7. The Balaban J connectivity index is 0.000000594. The van der Waals surface area contributed by atoms with E-state index < -0.39 is 0 Å². The quantitative estimate of drug-likeness (QED) is 0.835. The van der Waals surface area contributed by atoms with Crippen LogP contribution >= 0.6 is 11.6 Å². The first-order chi connectivity index (χ1) is 11.1. The zero-order chi connectivity index (χ0) is 17.7. The SMILES string of the molecule is C=C(N)NC.CC.O=CCc1c(Cl)cccc1-c1ccncc1. The van der Waals surface area contributed by atoms with E-state index in [1.165, 1.54) is 0 Å². The van der Waals surface area contributed by atoms with Gasteiger partial charge in [0.05, 0.1) is 5.82 Å². The van der Waals surface area contributed by atoms with Gasteiger partial charge in [-0.3, -0.25) is 4.98 Å². The molecule has 0 bridgehead atoms. The van der Waals surface area contributed by atoms with Crippen LogP contribution in [0.4, 0.5) is 0 Å². The molecule has 0 saturated carbocycles. The van der Waals surface area contributed by atoms with E-state index in [4.69, 9.17) is 17.3 Å². The molecule has 1 aromatic carbocycles. The van der Waals surface area contributed by atoms with Crippen LogP contribution in [0, 0.1) is 0 Å². The average molecular weight is 334 g/mol. The van der Waals surface area contributed by atoms with Crippen LogP contribution in [0.3, 0.4) is 0 Å². The lowest BCUT2D eigenvalue weighted by Crippen LogP contribution is -2.11. The summed E-state index contributed by atoms with van der Waals surface area (Å²) in [7, 11) is 1.72. The number of hydrogen-bond acceptors (Lipinski definition) is 4.